The summed E-state index contributed by atoms with van der Waals surface area (Å²) in [6.07, 6.45) is 4.80. The topological polar surface area (TPSA) is 59.1 Å². The van der Waals surface area contributed by atoms with E-state index >= 15 is 0 Å². The number of hydrogen-bond acceptors (Lipinski definition) is 5. The Bertz CT molecular complexity index is 1060. The van der Waals surface area contributed by atoms with Gasteiger partial charge < -0.3 is 19.7 Å². The molecule has 184 valence electrons. The first-order valence-electron chi connectivity index (χ1n) is 12.7. The first-order valence-corrected chi connectivity index (χ1v) is 12.7. The summed E-state index contributed by atoms with van der Waals surface area (Å²) in [5.74, 6) is 0.678. The van der Waals surface area contributed by atoms with E-state index in [1.165, 1.54) is 16.8 Å². The molecule has 2 fully saturated rings. The molecule has 2 saturated heterocycles. The largest absolute Gasteiger partial charge is 0.368 e. The van der Waals surface area contributed by atoms with Crippen LogP contribution in [-0.4, -0.2) is 65.4 Å². The number of hydrogen-bond donors (Lipinski definition) is 1. The smallest absolute Gasteiger partial charge is 0.250 e. The van der Waals surface area contributed by atoms with Crippen LogP contribution in [0.15, 0.2) is 67.0 Å². The SMILES string of the molecule is CC(C)c1ccc(C2CC3C(=O)N(CCC(=O)N4CCN(c5ccccc5)CC4)C=CN3N2)cc1. The number of hydrazine groups is 1. The zero-order chi connectivity index (χ0) is 24.4. The molecule has 35 heavy (non-hydrogen) atoms. The van der Waals surface area contributed by atoms with E-state index in [1.807, 2.05) is 34.3 Å². The summed E-state index contributed by atoms with van der Waals surface area (Å²) in [6.45, 7) is 7.91. The maximum absolute atomic E-state index is 13.2. The maximum atomic E-state index is 13.2. The summed E-state index contributed by atoms with van der Waals surface area (Å²) in [7, 11) is 0. The van der Waals surface area contributed by atoms with Gasteiger partial charge in [0, 0.05) is 57.2 Å². The van der Waals surface area contributed by atoms with E-state index in [0.29, 0.717) is 18.9 Å². The minimum Gasteiger partial charge on any atom is -0.368 e. The molecular formula is C28H35N5O2. The van der Waals surface area contributed by atoms with Crippen molar-refractivity contribution in [2.24, 2.45) is 0 Å². The number of fused-ring (bicyclic) bond motifs is 1. The second kappa shape index (κ2) is 10.1. The summed E-state index contributed by atoms with van der Waals surface area (Å²) in [4.78, 5) is 32.0. The van der Waals surface area contributed by atoms with Crippen molar-refractivity contribution in [3.05, 3.63) is 78.1 Å². The lowest BCUT2D eigenvalue weighted by Crippen LogP contribution is -2.50. The lowest BCUT2D eigenvalue weighted by molar-refractivity contribution is -0.136. The molecular weight excluding hydrogens is 438 g/mol. The Kier molecular flexibility index (Phi) is 6.77. The van der Waals surface area contributed by atoms with Crippen LogP contribution in [0, 0.1) is 0 Å². The van der Waals surface area contributed by atoms with E-state index in [1.54, 1.807) is 11.1 Å². The highest BCUT2D eigenvalue weighted by Gasteiger charge is 2.40. The Morgan fingerprint density at radius 1 is 0.971 bits per heavy atom. The molecule has 5 rings (SSSR count). The summed E-state index contributed by atoms with van der Waals surface area (Å²) < 4.78 is 0. The van der Waals surface area contributed by atoms with Crippen LogP contribution < -0.4 is 10.3 Å². The molecule has 7 nitrogen and oxygen atoms in total. The number of carbonyl (C=O) groups is 2. The highest BCUT2D eigenvalue weighted by atomic mass is 16.2. The molecule has 0 saturated carbocycles. The van der Waals surface area contributed by atoms with Gasteiger partial charge in [0.2, 0.25) is 5.91 Å². The number of piperazine rings is 1. The van der Waals surface area contributed by atoms with Crippen LogP contribution in [0.3, 0.4) is 0 Å². The summed E-state index contributed by atoms with van der Waals surface area (Å²) in [6, 6.07) is 18.9. The van der Waals surface area contributed by atoms with Gasteiger partial charge in [-0.2, -0.15) is 0 Å². The van der Waals surface area contributed by atoms with Gasteiger partial charge in [0.1, 0.15) is 6.04 Å². The molecule has 2 aromatic rings. The Morgan fingerprint density at radius 3 is 2.37 bits per heavy atom. The number of anilines is 1. The lowest BCUT2D eigenvalue weighted by atomic mass is 9.97. The molecule has 0 radical (unpaired) electrons. The fourth-order valence-corrected chi connectivity index (χ4v) is 5.18. The minimum atomic E-state index is -0.237. The van der Waals surface area contributed by atoms with Gasteiger partial charge in [-0.1, -0.05) is 56.3 Å². The predicted octanol–water partition coefficient (Wildman–Crippen LogP) is 3.48. The third kappa shape index (κ3) is 5.05. The van der Waals surface area contributed by atoms with E-state index in [4.69, 9.17) is 0 Å². The molecule has 2 amide bonds. The number of nitrogens with zero attached hydrogens (tertiary/aromatic N) is 4. The van der Waals surface area contributed by atoms with Crippen molar-refractivity contribution in [3.63, 3.8) is 0 Å². The molecule has 1 N–H and O–H groups in total. The predicted molar refractivity (Wildman–Crippen MR) is 137 cm³/mol. The maximum Gasteiger partial charge on any atom is 0.250 e. The fraction of sp³-hybridized carbons (Fsp3) is 0.429. The molecule has 0 aromatic heterocycles. The van der Waals surface area contributed by atoms with Gasteiger partial charge >= 0.3 is 0 Å². The Morgan fingerprint density at radius 2 is 1.69 bits per heavy atom. The molecule has 0 aliphatic carbocycles. The molecule has 3 aliphatic heterocycles. The van der Waals surface area contributed by atoms with Crippen LogP contribution >= 0.6 is 0 Å². The Labute approximate surface area is 208 Å². The molecule has 7 heteroatoms. The van der Waals surface area contributed by atoms with Crippen LogP contribution in [0.4, 0.5) is 5.69 Å². The van der Waals surface area contributed by atoms with Gasteiger partial charge in [-0.05, 0) is 35.6 Å². The van der Waals surface area contributed by atoms with Gasteiger partial charge in [-0.25, -0.2) is 5.43 Å². The first kappa shape index (κ1) is 23.4. The van der Waals surface area contributed by atoms with Crippen LogP contribution in [0.25, 0.3) is 0 Å². The Balaban J connectivity index is 1.11. The zero-order valence-corrected chi connectivity index (χ0v) is 20.6. The molecule has 3 heterocycles. The summed E-state index contributed by atoms with van der Waals surface area (Å²) in [5, 5.41) is 1.92. The van der Waals surface area contributed by atoms with E-state index in [2.05, 4.69) is 60.6 Å². The van der Waals surface area contributed by atoms with E-state index in [-0.39, 0.29) is 23.9 Å². The molecule has 0 spiro atoms. The normalized spacial score (nSPS) is 22.2. The van der Waals surface area contributed by atoms with Crippen molar-refractivity contribution in [1.29, 1.82) is 0 Å². The fourth-order valence-electron chi connectivity index (χ4n) is 5.18. The number of amides is 2. The third-order valence-electron chi connectivity index (χ3n) is 7.40. The lowest BCUT2D eigenvalue weighted by Gasteiger charge is -2.36. The average molecular weight is 474 g/mol. The van der Waals surface area contributed by atoms with Gasteiger partial charge in [0.25, 0.3) is 5.91 Å². The quantitative estimate of drug-likeness (QED) is 0.696. The van der Waals surface area contributed by atoms with E-state index < -0.39 is 0 Å². The Hall–Kier alpha value is -3.32. The van der Waals surface area contributed by atoms with Crippen molar-refractivity contribution in [3.8, 4) is 0 Å². The number of rotatable bonds is 6. The highest BCUT2D eigenvalue weighted by molar-refractivity contribution is 5.85. The molecule has 2 aromatic carbocycles. The van der Waals surface area contributed by atoms with Crippen LogP contribution in [-0.2, 0) is 9.59 Å². The van der Waals surface area contributed by atoms with Gasteiger partial charge in [-0.15, -0.1) is 0 Å². The van der Waals surface area contributed by atoms with Crippen molar-refractivity contribution in [2.75, 3.05) is 37.6 Å². The second-order valence-electron chi connectivity index (χ2n) is 9.94. The second-order valence-corrected chi connectivity index (χ2v) is 9.94. The first-order chi connectivity index (χ1) is 17.0. The third-order valence-corrected chi connectivity index (χ3v) is 7.40. The van der Waals surface area contributed by atoms with Crippen molar-refractivity contribution in [1.82, 2.24) is 20.2 Å². The van der Waals surface area contributed by atoms with Crippen LogP contribution in [0.1, 0.15) is 49.8 Å². The van der Waals surface area contributed by atoms with E-state index in [0.717, 1.165) is 32.6 Å². The molecule has 2 atom stereocenters. The molecule has 2 unspecified atom stereocenters. The standard InChI is InChI=1S/C28H35N5O2/c1-21(2)22-8-10-23(11-9-22)25-20-26-28(35)32(18-19-33(26)29-25)13-12-27(34)31-16-14-30(15-17-31)24-6-4-3-5-7-24/h3-11,18-19,21,25-26,29H,12-17,20H2,1-2H3. The van der Waals surface area contributed by atoms with Crippen molar-refractivity contribution in [2.45, 2.75) is 44.7 Å². The van der Waals surface area contributed by atoms with Gasteiger partial charge in [-0.3, -0.25) is 9.59 Å². The highest BCUT2D eigenvalue weighted by Crippen LogP contribution is 2.31. The van der Waals surface area contributed by atoms with Crippen molar-refractivity contribution < 1.29 is 9.59 Å². The number of nitrogens with one attached hydrogen (secondary N) is 1. The number of benzene rings is 2. The van der Waals surface area contributed by atoms with Crippen molar-refractivity contribution >= 4 is 17.5 Å². The van der Waals surface area contributed by atoms with Crippen LogP contribution in [0.2, 0.25) is 0 Å². The number of carbonyl (C=O) groups excluding carboxylic acids is 2. The molecule has 3 aliphatic rings. The van der Waals surface area contributed by atoms with Crippen LogP contribution in [0.5, 0.6) is 0 Å². The van der Waals surface area contributed by atoms with E-state index in [9.17, 15) is 9.59 Å². The monoisotopic (exact) mass is 473 g/mol. The zero-order valence-electron chi connectivity index (χ0n) is 20.6. The summed E-state index contributed by atoms with van der Waals surface area (Å²) >= 11 is 0. The molecule has 0 bridgehead atoms. The number of para-hydroxylation sites is 1. The average Bonchev–Trinajstić information content (AvgIpc) is 3.34. The minimum absolute atomic E-state index is 0.0583. The summed E-state index contributed by atoms with van der Waals surface area (Å²) in [5.41, 5.74) is 7.18. The van der Waals surface area contributed by atoms with Gasteiger partial charge in [0.05, 0.1) is 6.04 Å². The van der Waals surface area contributed by atoms with Gasteiger partial charge in [0.15, 0.2) is 0 Å².